The monoisotopic (exact) mass is 340 g/mol. The first kappa shape index (κ1) is 19.4. The fourth-order valence-electron chi connectivity index (χ4n) is 2.63. The van der Waals surface area contributed by atoms with Crippen molar-refractivity contribution in [2.75, 3.05) is 6.61 Å². The van der Waals surface area contributed by atoms with Gasteiger partial charge in [-0.3, -0.25) is 0 Å². The molecular weight excluding hydrogens is 312 g/mol. The van der Waals surface area contributed by atoms with Crippen molar-refractivity contribution in [1.82, 2.24) is 0 Å². The Labute approximate surface area is 151 Å². The van der Waals surface area contributed by atoms with E-state index in [1.54, 1.807) is 6.08 Å². The van der Waals surface area contributed by atoms with Gasteiger partial charge in [-0.1, -0.05) is 66.7 Å². The van der Waals surface area contributed by atoms with Crippen LogP contribution in [0, 0.1) is 0 Å². The number of hydrogen-bond acceptors (Lipinski definition) is 3. The highest BCUT2D eigenvalue weighted by atomic mass is 16.6. The van der Waals surface area contributed by atoms with Crippen LogP contribution >= 0.6 is 0 Å². The predicted octanol–water partition coefficient (Wildman–Crippen LogP) is 4.77. The van der Waals surface area contributed by atoms with Crippen LogP contribution < -0.4 is 0 Å². The van der Waals surface area contributed by atoms with Gasteiger partial charge in [0.2, 0.25) is 0 Å². The molecule has 2 rings (SSSR count). The van der Waals surface area contributed by atoms with Gasteiger partial charge in [-0.15, -0.1) is 6.58 Å². The summed E-state index contributed by atoms with van der Waals surface area (Å²) >= 11 is 0. The van der Waals surface area contributed by atoms with E-state index in [1.807, 2.05) is 50.2 Å². The molecule has 3 nitrogen and oxygen atoms in total. The van der Waals surface area contributed by atoms with Gasteiger partial charge in [-0.05, 0) is 25.0 Å². The Morgan fingerprint density at radius 2 is 1.24 bits per heavy atom. The zero-order valence-corrected chi connectivity index (χ0v) is 15.1. The van der Waals surface area contributed by atoms with Crippen LogP contribution in [-0.4, -0.2) is 24.9 Å². The molecule has 0 aromatic heterocycles. The first-order valence-corrected chi connectivity index (χ1v) is 8.74. The maximum Gasteiger partial charge on any atom is 0.110 e. The summed E-state index contributed by atoms with van der Waals surface area (Å²) in [5.74, 6) is 0. The van der Waals surface area contributed by atoms with E-state index in [0.29, 0.717) is 19.8 Å². The van der Waals surface area contributed by atoms with Crippen LogP contribution in [0.1, 0.15) is 25.0 Å². The highest BCUT2D eigenvalue weighted by Crippen LogP contribution is 2.16. The molecule has 0 N–H and O–H groups in total. The first-order valence-electron chi connectivity index (χ1n) is 8.74. The van der Waals surface area contributed by atoms with Crippen LogP contribution in [0.4, 0.5) is 0 Å². The van der Waals surface area contributed by atoms with E-state index in [2.05, 4.69) is 30.8 Å². The van der Waals surface area contributed by atoms with Gasteiger partial charge in [0.25, 0.3) is 0 Å². The molecule has 0 aliphatic carbocycles. The predicted molar refractivity (Wildman–Crippen MR) is 101 cm³/mol. The van der Waals surface area contributed by atoms with Gasteiger partial charge in [-0.25, -0.2) is 0 Å². The second kappa shape index (κ2) is 10.8. The summed E-state index contributed by atoms with van der Waals surface area (Å²) in [6.45, 7) is 9.35. The number of hydrogen-bond donors (Lipinski definition) is 0. The Kier molecular flexibility index (Phi) is 8.40. The van der Waals surface area contributed by atoms with Gasteiger partial charge in [0.15, 0.2) is 0 Å². The van der Waals surface area contributed by atoms with Crippen molar-refractivity contribution >= 4 is 0 Å². The number of benzene rings is 2. The van der Waals surface area contributed by atoms with Crippen LogP contribution in [0.15, 0.2) is 73.3 Å². The van der Waals surface area contributed by atoms with E-state index in [1.165, 1.54) is 0 Å². The molecule has 134 valence electrons. The molecule has 0 heterocycles. The summed E-state index contributed by atoms with van der Waals surface area (Å²) < 4.78 is 18.0. The second-order valence-electron chi connectivity index (χ2n) is 6.09. The second-order valence-corrected chi connectivity index (χ2v) is 6.09. The Balaban J connectivity index is 1.95. The molecule has 2 aromatic carbocycles. The van der Waals surface area contributed by atoms with E-state index in [-0.39, 0.29) is 18.3 Å². The third-order valence-electron chi connectivity index (χ3n) is 4.04. The molecule has 25 heavy (non-hydrogen) atoms. The lowest BCUT2D eigenvalue weighted by Gasteiger charge is -2.29. The average Bonchev–Trinajstić information content (AvgIpc) is 2.66. The van der Waals surface area contributed by atoms with Gasteiger partial charge in [0.1, 0.15) is 6.10 Å². The minimum Gasteiger partial charge on any atom is -0.372 e. The van der Waals surface area contributed by atoms with Gasteiger partial charge >= 0.3 is 0 Å². The average molecular weight is 340 g/mol. The molecule has 0 aliphatic heterocycles. The molecule has 0 fully saturated rings. The highest BCUT2D eigenvalue weighted by molar-refractivity contribution is 5.14. The molecule has 3 atom stereocenters. The quantitative estimate of drug-likeness (QED) is 0.552. The summed E-state index contributed by atoms with van der Waals surface area (Å²) in [6, 6.07) is 20.3. The first-order chi connectivity index (χ1) is 12.2. The number of rotatable bonds is 11. The van der Waals surface area contributed by atoms with Crippen LogP contribution in [0.25, 0.3) is 0 Å². The van der Waals surface area contributed by atoms with Crippen molar-refractivity contribution in [3.8, 4) is 0 Å². The summed E-state index contributed by atoms with van der Waals surface area (Å²) in [7, 11) is 0. The summed E-state index contributed by atoms with van der Waals surface area (Å²) in [5.41, 5.74) is 2.29. The zero-order chi connectivity index (χ0) is 17.9. The molecule has 0 amide bonds. The molecule has 0 saturated carbocycles. The normalized spacial score (nSPS) is 14.6. The SMILES string of the molecule is C=CCOC(C)C(OCc1ccccc1)C(C)OCc1ccccc1. The van der Waals surface area contributed by atoms with Crippen molar-refractivity contribution in [2.45, 2.75) is 45.4 Å². The molecule has 0 spiro atoms. The molecular formula is C22H28O3. The largest absolute Gasteiger partial charge is 0.372 e. The maximum absolute atomic E-state index is 6.15. The van der Waals surface area contributed by atoms with Crippen LogP contribution in [0.3, 0.4) is 0 Å². The van der Waals surface area contributed by atoms with Gasteiger partial charge < -0.3 is 14.2 Å². The lowest BCUT2D eigenvalue weighted by molar-refractivity contribution is -0.134. The summed E-state index contributed by atoms with van der Waals surface area (Å²) in [4.78, 5) is 0. The third-order valence-corrected chi connectivity index (χ3v) is 4.04. The smallest absolute Gasteiger partial charge is 0.110 e. The Morgan fingerprint density at radius 1 is 0.760 bits per heavy atom. The minimum atomic E-state index is -0.163. The Morgan fingerprint density at radius 3 is 1.76 bits per heavy atom. The Bertz CT molecular complexity index is 597. The van der Waals surface area contributed by atoms with Crippen LogP contribution in [0.2, 0.25) is 0 Å². The van der Waals surface area contributed by atoms with E-state index < -0.39 is 0 Å². The topological polar surface area (TPSA) is 27.7 Å². The Hall–Kier alpha value is -1.94. The number of ether oxygens (including phenoxy) is 3. The minimum absolute atomic E-state index is 0.0903. The maximum atomic E-state index is 6.15. The van der Waals surface area contributed by atoms with Crippen molar-refractivity contribution in [1.29, 1.82) is 0 Å². The van der Waals surface area contributed by atoms with E-state index in [4.69, 9.17) is 14.2 Å². The fourth-order valence-corrected chi connectivity index (χ4v) is 2.63. The molecule has 3 unspecified atom stereocenters. The van der Waals surface area contributed by atoms with Crippen molar-refractivity contribution in [2.24, 2.45) is 0 Å². The van der Waals surface area contributed by atoms with E-state index in [9.17, 15) is 0 Å². The standard InChI is InChI=1S/C22H28O3/c1-4-15-23-18(2)22(25-17-21-13-9-6-10-14-21)19(3)24-16-20-11-7-5-8-12-20/h4-14,18-19,22H,1,15-17H2,2-3H3. The van der Waals surface area contributed by atoms with Crippen LogP contribution in [-0.2, 0) is 27.4 Å². The van der Waals surface area contributed by atoms with Crippen LogP contribution in [0.5, 0.6) is 0 Å². The molecule has 3 heteroatoms. The lowest BCUT2D eigenvalue weighted by Crippen LogP contribution is -2.39. The van der Waals surface area contributed by atoms with Gasteiger partial charge in [0, 0.05) is 0 Å². The molecule has 0 saturated heterocycles. The van der Waals surface area contributed by atoms with E-state index >= 15 is 0 Å². The third kappa shape index (κ3) is 6.83. The molecule has 2 aromatic rings. The summed E-state index contributed by atoms with van der Waals surface area (Å²) in [5, 5.41) is 0. The zero-order valence-electron chi connectivity index (χ0n) is 15.1. The van der Waals surface area contributed by atoms with Gasteiger partial charge in [-0.2, -0.15) is 0 Å². The molecule has 0 aliphatic rings. The van der Waals surface area contributed by atoms with Crippen molar-refractivity contribution in [3.63, 3.8) is 0 Å². The van der Waals surface area contributed by atoms with Crippen molar-refractivity contribution < 1.29 is 14.2 Å². The molecule has 0 radical (unpaired) electrons. The summed E-state index contributed by atoms with van der Waals surface area (Å²) in [6.07, 6.45) is 1.40. The molecule has 0 bridgehead atoms. The van der Waals surface area contributed by atoms with Crippen molar-refractivity contribution in [3.05, 3.63) is 84.4 Å². The van der Waals surface area contributed by atoms with E-state index in [0.717, 1.165) is 11.1 Å². The lowest BCUT2D eigenvalue weighted by atomic mass is 10.1. The fraction of sp³-hybridized carbons (Fsp3) is 0.364. The van der Waals surface area contributed by atoms with Gasteiger partial charge in [0.05, 0.1) is 32.0 Å². The highest BCUT2D eigenvalue weighted by Gasteiger charge is 2.26.